The van der Waals surface area contributed by atoms with Crippen LogP contribution in [0.1, 0.15) is 113 Å². The molecule has 2 nitrogen and oxygen atoms in total. The predicted molar refractivity (Wildman–Crippen MR) is 152 cm³/mol. The maximum absolute atomic E-state index is 15.2. The number of alkyl halides is 4. The Morgan fingerprint density at radius 1 is 0.854 bits per heavy atom. The van der Waals surface area contributed by atoms with E-state index in [1.165, 1.54) is 83.3 Å². The molecule has 7 heteroatoms. The highest BCUT2D eigenvalue weighted by Crippen LogP contribution is 2.44. The molecule has 0 bridgehead atoms. The van der Waals surface area contributed by atoms with E-state index in [1.807, 2.05) is 0 Å². The molecule has 0 saturated heterocycles. The van der Waals surface area contributed by atoms with Crippen molar-refractivity contribution < 1.29 is 31.4 Å². The molecule has 0 unspecified atom stereocenters. The first-order chi connectivity index (χ1) is 19.6. The van der Waals surface area contributed by atoms with E-state index in [0.29, 0.717) is 5.92 Å². The van der Waals surface area contributed by atoms with E-state index in [9.17, 15) is 13.2 Å². The van der Waals surface area contributed by atoms with Crippen LogP contribution in [0.5, 0.6) is 11.5 Å². The highest BCUT2D eigenvalue weighted by atomic mass is 19.3. The summed E-state index contributed by atoms with van der Waals surface area (Å²) in [6, 6.07) is 7.34. The Labute approximate surface area is 242 Å². The first-order valence-electron chi connectivity index (χ1n) is 15.5. The lowest BCUT2D eigenvalue weighted by atomic mass is 9.68. The van der Waals surface area contributed by atoms with Crippen molar-refractivity contribution in [3.05, 3.63) is 58.4 Å². The minimum Gasteiger partial charge on any atom is -0.491 e. The maximum atomic E-state index is 15.2. The van der Waals surface area contributed by atoms with Gasteiger partial charge in [-0.2, -0.15) is 8.78 Å². The molecule has 2 fully saturated rings. The fourth-order valence-corrected chi connectivity index (χ4v) is 7.24. The summed E-state index contributed by atoms with van der Waals surface area (Å²) in [4.78, 5) is 0. The number of hydrogen-bond acceptors (Lipinski definition) is 2. The minimum absolute atomic E-state index is 0.0128. The van der Waals surface area contributed by atoms with Crippen LogP contribution in [-0.2, 0) is 12.5 Å². The van der Waals surface area contributed by atoms with Crippen LogP contribution in [0.15, 0.2) is 30.3 Å². The molecular formula is C34H45F5O2. The third kappa shape index (κ3) is 7.95. The van der Waals surface area contributed by atoms with Gasteiger partial charge < -0.3 is 9.47 Å². The smallest absolute Gasteiger partial charge is 0.427 e. The van der Waals surface area contributed by atoms with Crippen LogP contribution in [0.3, 0.4) is 0 Å². The van der Waals surface area contributed by atoms with Crippen LogP contribution >= 0.6 is 0 Å². The van der Waals surface area contributed by atoms with Gasteiger partial charge in [-0.25, -0.2) is 13.2 Å². The molecule has 2 aliphatic carbocycles. The van der Waals surface area contributed by atoms with Gasteiger partial charge in [-0.15, -0.1) is 0 Å². The fraction of sp³-hybridized carbons (Fsp3) is 0.647. The van der Waals surface area contributed by atoms with E-state index in [2.05, 4.69) is 6.92 Å². The number of rotatable bonds is 12. The number of aryl methyl sites for hydroxylation is 2. The topological polar surface area (TPSA) is 18.5 Å². The van der Waals surface area contributed by atoms with E-state index >= 15 is 8.78 Å². The Hall–Kier alpha value is -2.31. The van der Waals surface area contributed by atoms with Crippen molar-refractivity contribution in [3.63, 3.8) is 0 Å². The largest absolute Gasteiger partial charge is 0.491 e. The standard InChI is InChI=1S/C34H45F5O2/c1-4-6-23-9-15-26(16-10-23)27-17-11-24(12-18-27)7-8-25-13-19-28(20-14-25)41-34(38,39)31-22(3)21-29(40-5-2)32(35)30(31)33(36)37/h13-14,19-21,23-24,26-27,33H,4-12,15-18H2,1-3H3. The van der Waals surface area contributed by atoms with Crippen LogP contribution in [0.2, 0.25) is 0 Å². The lowest BCUT2D eigenvalue weighted by molar-refractivity contribution is -0.187. The average molecular weight is 581 g/mol. The zero-order valence-electron chi connectivity index (χ0n) is 24.7. The van der Waals surface area contributed by atoms with E-state index < -0.39 is 35.2 Å². The van der Waals surface area contributed by atoms with Gasteiger partial charge in [0.05, 0.1) is 17.7 Å². The minimum atomic E-state index is -4.16. The number of hydrogen-bond donors (Lipinski definition) is 0. The van der Waals surface area contributed by atoms with Crippen molar-refractivity contribution in [1.29, 1.82) is 0 Å². The molecule has 0 amide bonds. The second kappa shape index (κ2) is 14.2. The molecule has 0 N–H and O–H groups in total. The van der Waals surface area contributed by atoms with Gasteiger partial charge in [0.1, 0.15) is 5.75 Å². The summed E-state index contributed by atoms with van der Waals surface area (Å²) in [7, 11) is 0. The quantitative estimate of drug-likeness (QED) is 0.233. The second-order valence-corrected chi connectivity index (χ2v) is 12.2. The summed E-state index contributed by atoms with van der Waals surface area (Å²) >= 11 is 0. The summed E-state index contributed by atoms with van der Waals surface area (Å²) in [5, 5.41) is 0. The number of ether oxygens (including phenoxy) is 2. The molecule has 0 aliphatic heterocycles. The fourth-order valence-electron chi connectivity index (χ4n) is 7.24. The monoisotopic (exact) mass is 580 g/mol. The molecule has 0 spiro atoms. The third-order valence-electron chi connectivity index (χ3n) is 9.43. The van der Waals surface area contributed by atoms with Gasteiger partial charge in [0.2, 0.25) is 0 Å². The van der Waals surface area contributed by atoms with Gasteiger partial charge in [-0.1, -0.05) is 57.6 Å². The van der Waals surface area contributed by atoms with Gasteiger partial charge in [-0.3, -0.25) is 0 Å². The molecule has 0 radical (unpaired) electrons. The first-order valence-corrected chi connectivity index (χ1v) is 15.5. The van der Waals surface area contributed by atoms with Crippen molar-refractivity contribution in [2.75, 3.05) is 6.61 Å². The Bertz CT molecular complexity index is 1100. The van der Waals surface area contributed by atoms with E-state index in [0.717, 1.165) is 42.2 Å². The van der Waals surface area contributed by atoms with Gasteiger partial charge in [0.25, 0.3) is 6.43 Å². The molecule has 0 heterocycles. The van der Waals surface area contributed by atoms with Crippen molar-refractivity contribution in [2.45, 2.75) is 110 Å². The normalized spacial score (nSPS) is 23.5. The molecule has 41 heavy (non-hydrogen) atoms. The summed E-state index contributed by atoms with van der Waals surface area (Å²) < 4.78 is 82.4. The average Bonchev–Trinajstić information content (AvgIpc) is 2.95. The summed E-state index contributed by atoms with van der Waals surface area (Å²) in [6.45, 7) is 5.07. The van der Waals surface area contributed by atoms with E-state index in [4.69, 9.17) is 9.47 Å². The predicted octanol–water partition coefficient (Wildman–Crippen LogP) is 10.9. The Morgan fingerprint density at radius 3 is 1.93 bits per heavy atom. The zero-order chi connectivity index (χ0) is 29.6. The molecular weight excluding hydrogens is 535 g/mol. The third-order valence-corrected chi connectivity index (χ3v) is 9.43. The molecule has 4 rings (SSSR count). The summed E-state index contributed by atoms with van der Waals surface area (Å²) in [6.07, 6.45) is 7.79. The maximum Gasteiger partial charge on any atom is 0.427 e. The van der Waals surface area contributed by atoms with Crippen LogP contribution in [-0.4, -0.2) is 6.61 Å². The molecule has 228 valence electrons. The Morgan fingerprint density at radius 2 is 1.41 bits per heavy atom. The van der Waals surface area contributed by atoms with Gasteiger partial charge in [-0.05, 0) is 105 Å². The number of halogens is 5. The Kier molecular flexibility index (Phi) is 11.0. The van der Waals surface area contributed by atoms with E-state index in [-0.39, 0.29) is 17.9 Å². The van der Waals surface area contributed by atoms with E-state index in [1.54, 1.807) is 19.1 Å². The van der Waals surface area contributed by atoms with Crippen LogP contribution in [0, 0.1) is 36.4 Å². The summed E-state index contributed by atoms with van der Waals surface area (Å²) in [5.74, 6) is 1.29. The van der Waals surface area contributed by atoms with Crippen LogP contribution in [0.25, 0.3) is 0 Å². The van der Waals surface area contributed by atoms with Crippen LogP contribution in [0.4, 0.5) is 22.0 Å². The zero-order valence-corrected chi connectivity index (χ0v) is 24.7. The van der Waals surface area contributed by atoms with Crippen molar-refractivity contribution in [3.8, 4) is 11.5 Å². The summed E-state index contributed by atoms with van der Waals surface area (Å²) in [5.41, 5.74) is -1.77. The van der Waals surface area contributed by atoms with Crippen molar-refractivity contribution >= 4 is 0 Å². The highest BCUT2D eigenvalue weighted by molar-refractivity contribution is 5.46. The lowest BCUT2D eigenvalue weighted by Gasteiger charge is -2.38. The van der Waals surface area contributed by atoms with Gasteiger partial charge in [0.15, 0.2) is 11.6 Å². The molecule has 0 aromatic heterocycles. The molecule has 2 aromatic carbocycles. The second-order valence-electron chi connectivity index (χ2n) is 12.2. The van der Waals surface area contributed by atoms with Crippen molar-refractivity contribution in [1.82, 2.24) is 0 Å². The molecule has 2 saturated carbocycles. The first kappa shape index (κ1) is 31.6. The molecule has 2 aromatic rings. The molecule has 2 aliphatic rings. The highest BCUT2D eigenvalue weighted by Gasteiger charge is 2.43. The van der Waals surface area contributed by atoms with Gasteiger partial charge >= 0.3 is 6.11 Å². The van der Waals surface area contributed by atoms with Crippen LogP contribution < -0.4 is 9.47 Å². The molecule has 0 atom stereocenters. The van der Waals surface area contributed by atoms with Crippen molar-refractivity contribution in [2.24, 2.45) is 23.7 Å². The Balaban J connectivity index is 1.30. The van der Waals surface area contributed by atoms with Gasteiger partial charge in [0, 0.05) is 0 Å². The number of benzene rings is 2. The lowest BCUT2D eigenvalue weighted by Crippen LogP contribution is -2.26. The SMILES string of the molecule is CCCC1CCC(C2CCC(CCc3ccc(OC(F)(F)c4c(C)cc(OCC)c(F)c4C(F)F)cc3)CC2)CC1.